The molecule has 0 heterocycles. The first-order valence-electron chi connectivity index (χ1n) is 5.13. The van der Waals surface area contributed by atoms with Crippen molar-refractivity contribution in [3.8, 4) is 0 Å². The lowest BCUT2D eigenvalue weighted by molar-refractivity contribution is -0.152. The summed E-state index contributed by atoms with van der Waals surface area (Å²) in [5.74, 6) is -0.237. The zero-order valence-corrected chi connectivity index (χ0v) is 9.78. The van der Waals surface area contributed by atoms with Crippen molar-refractivity contribution in [2.75, 3.05) is 0 Å². The SMILES string of the molecule is CC(=O)OC(c1ccccc1)C(C)(C)C. The lowest BCUT2D eigenvalue weighted by atomic mass is 9.84. The predicted molar refractivity (Wildman–Crippen MR) is 60.4 cm³/mol. The molecule has 0 amide bonds. The Kier molecular flexibility index (Phi) is 3.51. The third kappa shape index (κ3) is 3.39. The summed E-state index contributed by atoms with van der Waals surface area (Å²) in [6, 6.07) is 9.84. The third-order valence-corrected chi connectivity index (χ3v) is 2.17. The van der Waals surface area contributed by atoms with Gasteiger partial charge >= 0.3 is 5.97 Å². The molecule has 0 aliphatic carbocycles. The monoisotopic (exact) mass is 206 g/mol. The average molecular weight is 206 g/mol. The summed E-state index contributed by atoms with van der Waals surface area (Å²) in [4.78, 5) is 11.1. The van der Waals surface area contributed by atoms with E-state index >= 15 is 0 Å². The lowest BCUT2D eigenvalue weighted by Crippen LogP contribution is -2.23. The van der Waals surface area contributed by atoms with E-state index in [0.717, 1.165) is 5.56 Å². The van der Waals surface area contributed by atoms with E-state index in [-0.39, 0.29) is 17.5 Å². The van der Waals surface area contributed by atoms with Gasteiger partial charge in [0, 0.05) is 12.3 Å². The lowest BCUT2D eigenvalue weighted by Gasteiger charge is -2.30. The van der Waals surface area contributed by atoms with Crippen molar-refractivity contribution in [1.29, 1.82) is 0 Å². The molecule has 15 heavy (non-hydrogen) atoms. The number of carbonyl (C=O) groups excluding carboxylic acids is 1. The minimum Gasteiger partial charge on any atom is -0.457 e. The number of rotatable bonds is 2. The third-order valence-electron chi connectivity index (χ3n) is 2.17. The van der Waals surface area contributed by atoms with Gasteiger partial charge in [0.05, 0.1) is 0 Å². The molecule has 0 aliphatic heterocycles. The van der Waals surface area contributed by atoms with Crippen LogP contribution in [0.25, 0.3) is 0 Å². The fraction of sp³-hybridized carbons (Fsp3) is 0.462. The van der Waals surface area contributed by atoms with Crippen LogP contribution < -0.4 is 0 Å². The van der Waals surface area contributed by atoms with Crippen LogP contribution in [-0.4, -0.2) is 5.97 Å². The topological polar surface area (TPSA) is 26.3 Å². The van der Waals surface area contributed by atoms with Gasteiger partial charge in [0.15, 0.2) is 0 Å². The normalized spacial score (nSPS) is 13.3. The molecule has 2 nitrogen and oxygen atoms in total. The number of hydrogen-bond donors (Lipinski definition) is 0. The second-order valence-corrected chi connectivity index (χ2v) is 4.77. The Hall–Kier alpha value is -1.31. The van der Waals surface area contributed by atoms with Crippen LogP contribution >= 0.6 is 0 Å². The number of esters is 1. The molecule has 0 bridgehead atoms. The van der Waals surface area contributed by atoms with Crippen LogP contribution in [0.4, 0.5) is 0 Å². The zero-order chi connectivity index (χ0) is 11.5. The van der Waals surface area contributed by atoms with Gasteiger partial charge in [-0.2, -0.15) is 0 Å². The Morgan fingerprint density at radius 2 is 1.73 bits per heavy atom. The van der Waals surface area contributed by atoms with E-state index in [1.165, 1.54) is 6.92 Å². The van der Waals surface area contributed by atoms with E-state index in [9.17, 15) is 4.79 Å². The molecular weight excluding hydrogens is 188 g/mol. The molecule has 82 valence electrons. The van der Waals surface area contributed by atoms with Gasteiger partial charge in [-0.25, -0.2) is 0 Å². The quantitative estimate of drug-likeness (QED) is 0.694. The maximum absolute atomic E-state index is 11.1. The van der Waals surface area contributed by atoms with E-state index in [0.29, 0.717) is 0 Å². The molecule has 0 fully saturated rings. The van der Waals surface area contributed by atoms with Gasteiger partial charge in [0.1, 0.15) is 6.10 Å². The van der Waals surface area contributed by atoms with Crippen LogP contribution in [0.1, 0.15) is 39.4 Å². The molecule has 0 aromatic heterocycles. The average Bonchev–Trinajstić information content (AvgIpc) is 2.14. The number of benzene rings is 1. The fourth-order valence-electron chi connectivity index (χ4n) is 1.54. The van der Waals surface area contributed by atoms with Crippen molar-refractivity contribution in [3.05, 3.63) is 35.9 Å². The molecule has 0 radical (unpaired) electrons. The fourth-order valence-corrected chi connectivity index (χ4v) is 1.54. The summed E-state index contributed by atoms with van der Waals surface area (Å²) in [6.07, 6.45) is -0.184. The van der Waals surface area contributed by atoms with E-state index < -0.39 is 0 Å². The first-order valence-corrected chi connectivity index (χ1v) is 5.13. The maximum Gasteiger partial charge on any atom is 0.303 e. The molecule has 0 N–H and O–H groups in total. The second-order valence-electron chi connectivity index (χ2n) is 4.77. The van der Waals surface area contributed by atoms with Crippen LogP contribution in [0.15, 0.2) is 30.3 Å². The van der Waals surface area contributed by atoms with Gasteiger partial charge in [0.25, 0.3) is 0 Å². The van der Waals surface area contributed by atoms with Crippen molar-refractivity contribution in [3.63, 3.8) is 0 Å². The van der Waals surface area contributed by atoms with Crippen molar-refractivity contribution in [2.45, 2.75) is 33.8 Å². The first kappa shape index (κ1) is 11.8. The molecule has 1 rings (SSSR count). The minimum absolute atomic E-state index is 0.0903. The standard InChI is InChI=1S/C13H18O2/c1-10(14)15-12(13(2,3)4)11-8-6-5-7-9-11/h5-9,12H,1-4H3. The maximum atomic E-state index is 11.1. The van der Waals surface area contributed by atoms with E-state index in [1.807, 2.05) is 30.3 Å². The van der Waals surface area contributed by atoms with E-state index in [1.54, 1.807) is 0 Å². The highest BCUT2D eigenvalue weighted by molar-refractivity contribution is 5.66. The van der Waals surface area contributed by atoms with Crippen LogP contribution in [0.3, 0.4) is 0 Å². The van der Waals surface area contributed by atoms with Crippen molar-refractivity contribution in [2.24, 2.45) is 5.41 Å². The molecule has 2 heteroatoms. The van der Waals surface area contributed by atoms with Crippen molar-refractivity contribution in [1.82, 2.24) is 0 Å². The van der Waals surface area contributed by atoms with Crippen LogP contribution in [0, 0.1) is 5.41 Å². The number of carbonyl (C=O) groups is 1. The highest BCUT2D eigenvalue weighted by atomic mass is 16.5. The van der Waals surface area contributed by atoms with Gasteiger partial charge in [-0.3, -0.25) is 4.79 Å². The molecule has 1 aromatic carbocycles. The Labute approximate surface area is 91.3 Å². The Bertz CT molecular complexity index is 322. The summed E-state index contributed by atoms with van der Waals surface area (Å²) in [5.41, 5.74) is 0.952. The van der Waals surface area contributed by atoms with Crippen molar-refractivity contribution < 1.29 is 9.53 Å². The number of hydrogen-bond acceptors (Lipinski definition) is 2. The molecule has 0 spiro atoms. The van der Waals surface area contributed by atoms with E-state index in [2.05, 4.69) is 20.8 Å². The van der Waals surface area contributed by atoms with Gasteiger partial charge < -0.3 is 4.74 Å². The van der Waals surface area contributed by atoms with Gasteiger partial charge in [-0.15, -0.1) is 0 Å². The van der Waals surface area contributed by atoms with Crippen LogP contribution in [0.2, 0.25) is 0 Å². The zero-order valence-electron chi connectivity index (χ0n) is 9.78. The molecule has 0 aliphatic rings. The molecule has 1 atom stereocenters. The van der Waals surface area contributed by atoms with Crippen LogP contribution in [-0.2, 0) is 9.53 Å². The molecule has 1 unspecified atom stereocenters. The highest BCUT2D eigenvalue weighted by Gasteiger charge is 2.28. The molecular formula is C13H18O2. The largest absolute Gasteiger partial charge is 0.457 e. The molecule has 1 aromatic rings. The molecule has 0 saturated heterocycles. The van der Waals surface area contributed by atoms with Crippen molar-refractivity contribution >= 4 is 5.97 Å². The first-order chi connectivity index (χ1) is 6.91. The van der Waals surface area contributed by atoms with Gasteiger partial charge in [-0.1, -0.05) is 51.1 Å². The Morgan fingerprint density at radius 3 is 2.13 bits per heavy atom. The summed E-state index contributed by atoms with van der Waals surface area (Å²) in [5, 5.41) is 0. The Balaban J connectivity index is 2.97. The molecule has 0 saturated carbocycles. The smallest absolute Gasteiger partial charge is 0.303 e. The number of ether oxygens (including phenoxy) is 1. The Morgan fingerprint density at radius 1 is 1.20 bits per heavy atom. The second kappa shape index (κ2) is 4.47. The summed E-state index contributed by atoms with van der Waals surface area (Å²) in [7, 11) is 0. The minimum atomic E-state index is -0.237. The summed E-state index contributed by atoms with van der Waals surface area (Å²) < 4.78 is 5.36. The van der Waals surface area contributed by atoms with Crippen LogP contribution in [0.5, 0.6) is 0 Å². The predicted octanol–water partition coefficient (Wildman–Crippen LogP) is 3.34. The highest BCUT2D eigenvalue weighted by Crippen LogP contribution is 2.35. The summed E-state index contributed by atoms with van der Waals surface area (Å²) in [6.45, 7) is 7.64. The summed E-state index contributed by atoms with van der Waals surface area (Å²) >= 11 is 0. The van der Waals surface area contributed by atoms with Gasteiger partial charge in [0.2, 0.25) is 0 Å². The van der Waals surface area contributed by atoms with Gasteiger partial charge in [-0.05, 0) is 5.56 Å². The van der Waals surface area contributed by atoms with E-state index in [4.69, 9.17) is 4.74 Å².